The Kier molecular flexibility index (Phi) is 5.92. The van der Waals surface area contributed by atoms with Crippen molar-refractivity contribution in [1.82, 2.24) is 4.90 Å². The van der Waals surface area contributed by atoms with Crippen molar-refractivity contribution in [2.45, 2.75) is 39.5 Å². The summed E-state index contributed by atoms with van der Waals surface area (Å²) in [5, 5.41) is 0. The van der Waals surface area contributed by atoms with Gasteiger partial charge in [0.15, 0.2) is 0 Å². The topological polar surface area (TPSA) is 55.6 Å². The SMILES string of the molecule is CCCC(CN)(CCC)C(=O)N1CCOCC1. The van der Waals surface area contributed by atoms with Crippen molar-refractivity contribution in [2.24, 2.45) is 11.1 Å². The first kappa shape index (κ1) is 14.5. The van der Waals surface area contributed by atoms with Crippen LogP contribution in [0.1, 0.15) is 39.5 Å². The van der Waals surface area contributed by atoms with E-state index in [1.54, 1.807) is 0 Å². The van der Waals surface area contributed by atoms with Gasteiger partial charge in [-0.3, -0.25) is 4.79 Å². The number of hydrogen-bond acceptors (Lipinski definition) is 3. The third-order valence-corrected chi connectivity index (χ3v) is 3.60. The second-order valence-electron chi connectivity index (χ2n) is 4.89. The van der Waals surface area contributed by atoms with Crippen LogP contribution in [0, 0.1) is 5.41 Å². The average molecular weight is 242 g/mol. The molecule has 100 valence electrons. The second kappa shape index (κ2) is 6.97. The number of hydrogen-bond donors (Lipinski definition) is 1. The second-order valence-corrected chi connectivity index (χ2v) is 4.89. The van der Waals surface area contributed by atoms with Crippen LogP contribution in [0.15, 0.2) is 0 Å². The lowest BCUT2D eigenvalue weighted by Crippen LogP contribution is -2.51. The summed E-state index contributed by atoms with van der Waals surface area (Å²) in [5.41, 5.74) is 5.58. The van der Waals surface area contributed by atoms with Gasteiger partial charge in [0.2, 0.25) is 5.91 Å². The molecule has 1 amide bonds. The zero-order valence-corrected chi connectivity index (χ0v) is 11.2. The van der Waals surface area contributed by atoms with E-state index in [9.17, 15) is 4.79 Å². The number of ether oxygens (including phenoxy) is 1. The van der Waals surface area contributed by atoms with E-state index >= 15 is 0 Å². The molecule has 0 aromatic carbocycles. The maximum absolute atomic E-state index is 12.6. The first-order valence-electron chi connectivity index (χ1n) is 6.77. The smallest absolute Gasteiger partial charge is 0.230 e. The van der Waals surface area contributed by atoms with Gasteiger partial charge in [-0.15, -0.1) is 0 Å². The standard InChI is InChI=1S/C13H26N2O2/c1-3-5-13(11-14,6-4-2)12(16)15-7-9-17-10-8-15/h3-11,14H2,1-2H3. The van der Waals surface area contributed by atoms with Gasteiger partial charge in [-0.05, 0) is 12.8 Å². The van der Waals surface area contributed by atoms with Gasteiger partial charge in [0.05, 0.1) is 18.6 Å². The Balaban J connectivity index is 2.75. The maximum Gasteiger partial charge on any atom is 0.230 e. The van der Waals surface area contributed by atoms with E-state index in [0.717, 1.165) is 25.7 Å². The first-order chi connectivity index (χ1) is 8.20. The molecule has 1 aliphatic heterocycles. The van der Waals surface area contributed by atoms with E-state index < -0.39 is 0 Å². The molecule has 17 heavy (non-hydrogen) atoms. The van der Waals surface area contributed by atoms with Crippen LogP contribution in [0.4, 0.5) is 0 Å². The summed E-state index contributed by atoms with van der Waals surface area (Å²) in [6, 6.07) is 0. The van der Waals surface area contributed by atoms with Crippen molar-refractivity contribution in [2.75, 3.05) is 32.8 Å². The Morgan fingerprint density at radius 1 is 1.24 bits per heavy atom. The lowest BCUT2D eigenvalue weighted by molar-refractivity contribution is -0.146. The fourth-order valence-electron chi connectivity index (χ4n) is 2.69. The van der Waals surface area contributed by atoms with Gasteiger partial charge >= 0.3 is 0 Å². The summed E-state index contributed by atoms with van der Waals surface area (Å²) in [6.45, 7) is 7.45. The zero-order valence-electron chi connectivity index (χ0n) is 11.2. The molecule has 0 aromatic heterocycles. The summed E-state index contributed by atoms with van der Waals surface area (Å²) in [5.74, 6) is 0.243. The van der Waals surface area contributed by atoms with Crippen molar-refractivity contribution in [1.29, 1.82) is 0 Å². The molecular weight excluding hydrogens is 216 g/mol. The highest BCUT2D eigenvalue weighted by atomic mass is 16.5. The summed E-state index contributed by atoms with van der Waals surface area (Å²) < 4.78 is 5.29. The van der Waals surface area contributed by atoms with Crippen molar-refractivity contribution in [3.8, 4) is 0 Å². The van der Waals surface area contributed by atoms with Gasteiger partial charge in [0.25, 0.3) is 0 Å². The number of carbonyl (C=O) groups excluding carboxylic acids is 1. The molecule has 0 unspecified atom stereocenters. The van der Waals surface area contributed by atoms with Gasteiger partial charge in [-0.2, -0.15) is 0 Å². The molecule has 0 saturated carbocycles. The van der Waals surface area contributed by atoms with Crippen molar-refractivity contribution in [3.05, 3.63) is 0 Å². The molecule has 0 aliphatic carbocycles. The Morgan fingerprint density at radius 3 is 2.18 bits per heavy atom. The minimum atomic E-state index is -0.332. The molecular formula is C13H26N2O2. The van der Waals surface area contributed by atoms with Gasteiger partial charge < -0.3 is 15.4 Å². The summed E-state index contributed by atoms with van der Waals surface area (Å²) >= 11 is 0. The number of rotatable bonds is 6. The van der Waals surface area contributed by atoms with Gasteiger partial charge in [-0.1, -0.05) is 26.7 Å². The van der Waals surface area contributed by atoms with Crippen LogP contribution >= 0.6 is 0 Å². The molecule has 1 saturated heterocycles. The fourth-order valence-corrected chi connectivity index (χ4v) is 2.69. The molecule has 0 bridgehead atoms. The molecule has 1 heterocycles. The monoisotopic (exact) mass is 242 g/mol. The third kappa shape index (κ3) is 3.42. The van der Waals surface area contributed by atoms with Crippen LogP contribution in [0.5, 0.6) is 0 Å². The first-order valence-corrected chi connectivity index (χ1v) is 6.77. The minimum absolute atomic E-state index is 0.243. The number of morpholine rings is 1. The number of nitrogens with two attached hydrogens (primary N) is 1. The highest BCUT2D eigenvalue weighted by Gasteiger charge is 2.38. The highest BCUT2D eigenvalue weighted by Crippen LogP contribution is 2.31. The molecule has 0 spiro atoms. The van der Waals surface area contributed by atoms with Crippen LogP contribution < -0.4 is 5.73 Å². The quantitative estimate of drug-likeness (QED) is 0.766. The number of carbonyl (C=O) groups is 1. The van der Waals surface area contributed by atoms with E-state index in [2.05, 4.69) is 13.8 Å². The Morgan fingerprint density at radius 2 is 1.76 bits per heavy atom. The molecule has 4 heteroatoms. The normalized spacial score (nSPS) is 17.2. The van der Waals surface area contributed by atoms with E-state index in [4.69, 9.17) is 10.5 Å². The lowest BCUT2D eigenvalue weighted by atomic mass is 9.78. The van der Waals surface area contributed by atoms with Gasteiger partial charge in [-0.25, -0.2) is 0 Å². The molecule has 2 N–H and O–H groups in total. The minimum Gasteiger partial charge on any atom is -0.378 e. The number of amides is 1. The molecule has 4 nitrogen and oxygen atoms in total. The number of nitrogens with zero attached hydrogens (tertiary/aromatic N) is 1. The Bertz CT molecular complexity index is 232. The molecule has 1 fully saturated rings. The van der Waals surface area contributed by atoms with E-state index in [1.807, 2.05) is 4.90 Å². The Hall–Kier alpha value is -0.610. The lowest BCUT2D eigenvalue weighted by Gasteiger charge is -2.38. The molecule has 0 atom stereocenters. The van der Waals surface area contributed by atoms with Gasteiger partial charge in [0.1, 0.15) is 0 Å². The molecule has 1 aliphatic rings. The van der Waals surface area contributed by atoms with Crippen LogP contribution in [0.2, 0.25) is 0 Å². The van der Waals surface area contributed by atoms with E-state index in [-0.39, 0.29) is 11.3 Å². The predicted octanol–water partition coefficient (Wildman–Crippen LogP) is 1.39. The van der Waals surface area contributed by atoms with Gasteiger partial charge in [0, 0.05) is 19.6 Å². The van der Waals surface area contributed by atoms with Crippen LogP contribution in [0.3, 0.4) is 0 Å². The van der Waals surface area contributed by atoms with Crippen molar-refractivity contribution in [3.63, 3.8) is 0 Å². The third-order valence-electron chi connectivity index (χ3n) is 3.60. The zero-order chi connectivity index (χ0) is 12.7. The van der Waals surface area contributed by atoms with E-state index in [0.29, 0.717) is 32.8 Å². The Labute approximate surface area is 104 Å². The van der Waals surface area contributed by atoms with Crippen LogP contribution in [0.25, 0.3) is 0 Å². The maximum atomic E-state index is 12.6. The van der Waals surface area contributed by atoms with E-state index in [1.165, 1.54) is 0 Å². The summed E-state index contributed by atoms with van der Waals surface area (Å²) in [6.07, 6.45) is 3.81. The van der Waals surface area contributed by atoms with Crippen LogP contribution in [-0.4, -0.2) is 43.7 Å². The van der Waals surface area contributed by atoms with Crippen LogP contribution in [-0.2, 0) is 9.53 Å². The summed E-state index contributed by atoms with van der Waals surface area (Å²) in [4.78, 5) is 14.6. The van der Waals surface area contributed by atoms with Crippen molar-refractivity contribution >= 4 is 5.91 Å². The predicted molar refractivity (Wildman–Crippen MR) is 68.7 cm³/mol. The average Bonchev–Trinajstić information content (AvgIpc) is 2.38. The molecule has 1 rings (SSSR count). The fraction of sp³-hybridized carbons (Fsp3) is 0.923. The van der Waals surface area contributed by atoms with Crippen molar-refractivity contribution < 1.29 is 9.53 Å². The molecule has 0 radical (unpaired) electrons. The summed E-state index contributed by atoms with van der Waals surface area (Å²) in [7, 11) is 0. The highest BCUT2D eigenvalue weighted by molar-refractivity contribution is 5.83. The largest absolute Gasteiger partial charge is 0.378 e. The molecule has 0 aromatic rings.